The average Bonchev–Trinajstić information content (AvgIpc) is 3.03. The van der Waals surface area contributed by atoms with Crippen molar-refractivity contribution < 1.29 is 0 Å². The molecule has 0 aliphatic rings. The number of aromatic nitrogens is 4. The molecule has 3 rings (SSSR count). The number of nitrogens with two attached hydrogens (primary N) is 1. The Hall–Kier alpha value is -2.53. The Kier molecular flexibility index (Phi) is 5.56. The molecule has 0 radical (unpaired) electrons. The van der Waals surface area contributed by atoms with Crippen molar-refractivity contribution in [2.24, 2.45) is 11.7 Å². The predicted octanol–water partition coefficient (Wildman–Crippen LogP) is 3.09. The van der Waals surface area contributed by atoms with Crippen molar-refractivity contribution in [1.29, 1.82) is 0 Å². The zero-order chi connectivity index (χ0) is 17.6. The lowest BCUT2D eigenvalue weighted by Crippen LogP contribution is -2.04. The van der Waals surface area contributed by atoms with Gasteiger partial charge in [-0.1, -0.05) is 38.1 Å². The van der Waals surface area contributed by atoms with Gasteiger partial charge in [0.1, 0.15) is 0 Å². The van der Waals surface area contributed by atoms with Gasteiger partial charge in [-0.15, -0.1) is 0 Å². The van der Waals surface area contributed by atoms with Crippen molar-refractivity contribution in [1.82, 2.24) is 19.7 Å². The second-order valence-electron chi connectivity index (χ2n) is 6.75. The van der Waals surface area contributed by atoms with Gasteiger partial charge in [0.2, 0.25) is 0 Å². The average molecular weight is 335 g/mol. The molecule has 0 amide bonds. The van der Waals surface area contributed by atoms with Crippen LogP contribution in [0, 0.1) is 5.92 Å². The zero-order valence-corrected chi connectivity index (χ0v) is 14.9. The smallest absolute Gasteiger partial charge is 0.159 e. The van der Waals surface area contributed by atoms with Crippen molar-refractivity contribution in [3.05, 3.63) is 65.7 Å². The Morgan fingerprint density at radius 2 is 1.80 bits per heavy atom. The number of hydrogen-bond acceptors (Lipinski definition) is 4. The molecule has 1 aromatic carbocycles. The molecule has 2 aromatic heterocycles. The second-order valence-corrected chi connectivity index (χ2v) is 6.75. The van der Waals surface area contributed by atoms with E-state index in [1.165, 1.54) is 11.1 Å². The van der Waals surface area contributed by atoms with E-state index in [2.05, 4.69) is 53.3 Å². The molecule has 25 heavy (non-hydrogen) atoms. The van der Waals surface area contributed by atoms with Crippen molar-refractivity contribution in [2.75, 3.05) is 6.54 Å². The lowest BCUT2D eigenvalue weighted by molar-refractivity contribution is 0.483. The van der Waals surface area contributed by atoms with E-state index in [0.717, 1.165) is 36.3 Å². The normalized spacial score (nSPS) is 11.2. The van der Waals surface area contributed by atoms with Crippen LogP contribution < -0.4 is 5.73 Å². The van der Waals surface area contributed by atoms with Gasteiger partial charge in [0.25, 0.3) is 0 Å². The minimum atomic E-state index is 0.584. The fraction of sp³-hybridized carbons (Fsp3) is 0.350. The maximum absolute atomic E-state index is 5.59. The third kappa shape index (κ3) is 4.51. The van der Waals surface area contributed by atoms with E-state index in [0.29, 0.717) is 12.5 Å². The lowest BCUT2D eigenvalue weighted by atomic mass is 10.0. The van der Waals surface area contributed by atoms with Crippen molar-refractivity contribution in [2.45, 2.75) is 33.2 Å². The number of rotatable bonds is 7. The highest BCUT2D eigenvalue weighted by Gasteiger charge is 2.10. The topological polar surface area (TPSA) is 69.6 Å². The molecule has 0 aliphatic carbocycles. The Balaban J connectivity index is 1.82. The number of benzene rings is 1. The molecule has 3 aromatic rings. The monoisotopic (exact) mass is 335 g/mol. The summed E-state index contributed by atoms with van der Waals surface area (Å²) < 4.78 is 2.01. The first-order valence-corrected chi connectivity index (χ1v) is 8.76. The summed E-state index contributed by atoms with van der Waals surface area (Å²) in [6.45, 7) is 5.94. The SMILES string of the molecule is CC(C)Cn1cc(Cc2ccccc2-c2ncc(CCN)cn2)cn1. The molecule has 130 valence electrons. The molecular weight excluding hydrogens is 310 g/mol. The minimum Gasteiger partial charge on any atom is -0.330 e. The molecule has 0 fully saturated rings. The van der Waals surface area contributed by atoms with Crippen LogP contribution in [0.2, 0.25) is 0 Å². The van der Waals surface area contributed by atoms with Gasteiger partial charge in [0, 0.05) is 37.1 Å². The van der Waals surface area contributed by atoms with Gasteiger partial charge in [0.15, 0.2) is 5.82 Å². The maximum atomic E-state index is 5.59. The summed E-state index contributed by atoms with van der Waals surface area (Å²) in [4.78, 5) is 9.05. The van der Waals surface area contributed by atoms with Gasteiger partial charge >= 0.3 is 0 Å². The van der Waals surface area contributed by atoms with Crippen LogP contribution in [-0.2, 0) is 19.4 Å². The van der Waals surface area contributed by atoms with E-state index in [-0.39, 0.29) is 0 Å². The van der Waals surface area contributed by atoms with E-state index in [9.17, 15) is 0 Å². The van der Waals surface area contributed by atoms with Crippen LogP contribution in [0.3, 0.4) is 0 Å². The summed E-state index contributed by atoms with van der Waals surface area (Å²) in [5.41, 5.74) is 10.1. The molecule has 0 bridgehead atoms. The molecule has 0 saturated heterocycles. The summed E-state index contributed by atoms with van der Waals surface area (Å²) >= 11 is 0. The summed E-state index contributed by atoms with van der Waals surface area (Å²) in [6, 6.07) is 8.29. The molecule has 0 atom stereocenters. The standard InChI is InChI=1S/C20H25N5/c1-15(2)13-25-14-17(12-24-25)9-18-5-3-4-6-19(18)20-22-10-16(7-8-21)11-23-20/h3-6,10-12,14-15H,7-9,13,21H2,1-2H3. The van der Waals surface area contributed by atoms with E-state index < -0.39 is 0 Å². The highest BCUT2D eigenvalue weighted by molar-refractivity contribution is 5.60. The van der Waals surface area contributed by atoms with Crippen LogP contribution in [-0.4, -0.2) is 26.3 Å². The number of nitrogens with zero attached hydrogens (tertiary/aromatic N) is 4. The summed E-state index contributed by atoms with van der Waals surface area (Å²) in [5.74, 6) is 1.34. The minimum absolute atomic E-state index is 0.584. The molecule has 2 N–H and O–H groups in total. The molecule has 2 heterocycles. The Bertz CT molecular complexity index is 805. The summed E-state index contributed by atoms with van der Waals surface area (Å²) in [5, 5.41) is 4.46. The van der Waals surface area contributed by atoms with Crippen LogP contribution in [0.1, 0.15) is 30.5 Å². The highest BCUT2D eigenvalue weighted by atomic mass is 15.3. The van der Waals surface area contributed by atoms with Crippen molar-refractivity contribution in [3.8, 4) is 11.4 Å². The first kappa shape index (κ1) is 17.3. The molecule has 0 aliphatic heterocycles. The van der Waals surface area contributed by atoms with Crippen LogP contribution in [0.5, 0.6) is 0 Å². The highest BCUT2D eigenvalue weighted by Crippen LogP contribution is 2.22. The van der Waals surface area contributed by atoms with E-state index in [1.807, 2.05) is 29.3 Å². The van der Waals surface area contributed by atoms with Gasteiger partial charge < -0.3 is 5.73 Å². The van der Waals surface area contributed by atoms with E-state index in [4.69, 9.17) is 5.73 Å². The largest absolute Gasteiger partial charge is 0.330 e. The lowest BCUT2D eigenvalue weighted by Gasteiger charge is -2.08. The van der Waals surface area contributed by atoms with Crippen molar-refractivity contribution >= 4 is 0 Å². The molecule has 0 unspecified atom stereocenters. The predicted molar refractivity (Wildman–Crippen MR) is 100 cm³/mol. The fourth-order valence-electron chi connectivity index (χ4n) is 2.87. The zero-order valence-electron chi connectivity index (χ0n) is 14.9. The number of hydrogen-bond donors (Lipinski definition) is 1. The summed E-state index contributed by atoms with van der Waals surface area (Å²) in [7, 11) is 0. The first-order valence-electron chi connectivity index (χ1n) is 8.76. The summed E-state index contributed by atoms with van der Waals surface area (Å²) in [6.07, 6.45) is 9.44. The van der Waals surface area contributed by atoms with Gasteiger partial charge in [-0.25, -0.2) is 9.97 Å². The van der Waals surface area contributed by atoms with Gasteiger partial charge in [-0.2, -0.15) is 5.10 Å². The van der Waals surface area contributed by atoms with Crippen LogP contribution in [0.4, 0.5) is 0 Å². The van der Waals surface area contributed by atoms with Crippen LogP contribution in [0.15, 0.2) is 49.1 Å². The molecule has 5 heteroatoms. The van der Waals surface area contributed by atoms with E-state index in [1.54, 1.807) is 0 Å². The quantitative estimate of drug-likeness (QED) is 0.720. The third-order valence-corrected chi connectivity index (χ3v) is 4.03. The molecule has 0 saturated carbocycles. The third-order valence-electron chi connectivity index (χ3n) is 4.03. The molecular formula is C20H25N5. The Morgan fingerprint density at radius 3 is 2.52 bits per heavy atom. The van der Waals surface area contributed by atoms with Gasteiger partial charge in [-0.3, -0.25) is 4.68 Å². The van der Waals surface area contributed by atoms with Gasteiger partial charge in [0.05, 0.1) is 6.20 Å². The molecule has 0 spiro atoms. The van der Waals surface area contributed by atoms with Crippen LogP contribution >= 0.6 is 0 Å². The Labute approximate surface area is 148 Å². The molecule has 5 nitrogen and oxygen atoms in total. The van der Waals surface area contributed by atoms with Crippen LogP contribution in [0.25, 0.3) is 11.4 Å². The fourth-order valence-corrected chi connectivity index (χ4v) is 2.87. The van der Waals surface area contributed by atoms with Gasteiger partial charge in [-0.05, 0) is 35.6 Å². The first-order chi connectivity index (χ1) is 12.2. The van der Waals surface area contributed by atoms with Crippen molar-refractivity contribution in [3.63, 3.8) is 0 Å². The maximum Gasteiger partial charge on any atom is 0.159 e. The Morgan fingerprint density at radius 1 is 1.04 bits per heavy atom. The van der Waals surface area contributed by atoms with E-state index >= 15 is 0 Å². The second kappa shape index (κ2) is 8.03.